The van der Waals surface area contributed by atoms with E-state index < -0.39 is 0 Å². The number of aliphatic imine (C=N–C) groups is 1. The second kappa shape index (κ2) is 15.7. The Morgan fingerprint density at radius 2 is 2.02 bits per heavy atom. The topological polar surface area (TPSA) is 61.7 Å². The predicted octanol–water partition coefficient (Wildman–Crippen LogP) is 7.96. The number of benzene rings is 2. The Kier molecular flexibility index (Phi) is 11.5. The molecule has 1 unspecified atom stereocenters. The van der Waals surface area contributed by atoms with Crippen molar-refractivity contribution in [2.24, 2.45) is 10.1 Å². The van der Waals surface area contributed by atoms with Crippen molar-refractivity contribution in [2.75, 3.05) is 29.9 Å². The second-order valence-corrected chi connectivity index (χ2v) is 10.7. The lowest BCUT2D eigenvalue weighted by Gasteiger charge is -2.42. The summed E-state index contributed by atoms with van der Waals surface area (Å²) in [5.41, 5.74) is 5.31. The minimum absolute atomic E-state index is 0.460. The molecule has 43 heavy (non-hydrogen) atoms. The molecule has 0 aliphatic carbocycles. The van der Waals surface area contributed by atoms with E-state index >= 15 is 0 Å². The van der Waals surface area contributed by atoms with Gasteiger partial charge in [-0.05, 0) is 94.0 Å². The number of piperidine rings is 1. The number of amidine groups is 1. The standard InChI is InChI=1S/C32H39N5O2.C4H6/c1-5-7-17-33-32(30-23(3)11-13-28-31(30)38-22-26-10-8-9-18-37(26)28)35-25-12-14-29(24(4)21-25)39-27-15-19-36(20-16-27)34-6-2;1-3-4-2/h6-7,11-17,19,21,26H,5,8-10,18,20,22H2,1-4H3,(H,33,35);1H,4H2,2H3/b17-7+,34-6-;. The quantitative estimate of drug-likeness (QED) is 0.205. The fourth-order valence-electron chi connectivity index (χ4n) is 5.29. The fourth-order valence-corrected chi connectivity index (χ4v) is 5.29. The number of anilines is 2. The molecule has 0 spiro atoms. The SMILES string of the molecule is C#CCC.C/C=N\N1C=CC(Oc2ccc(NC(=N/C=C/CC)c3c(C)ccc4c3OCC3CCCCN43)cc2C)=CC1. The van der Waals surface area contributed by atoms with Crippen LogP contribution in [0.5, 0.6) is 11.5 Å². The second-order valence-electron chi connectivity index (χ2n) is 10.7. The Bertz CT molecular complexity index is 1450. The Morgan fingerprint density at radius 1 is 1.19 bits per heavy atom. The van der Waals surface area contributed by atoms with Gasteiger partial charge in [-0.15, -0.1) is 12.3 Å². The molecular weight excluding hydrogens is 534 g/mol. The van der Waals surface area contributed by atoms with Crippen LogP contribution in [-0.4, -0.2) is 42.8 Å². The molecule has 0 saturated carbocycles. The number of fused-ring (bicyclic) bond motifs is 3. The van der Waals surface area contributed by atoms with Gasteiger partial charge in [0.05, 0.1) is 23.8 Å². The summed E-state index contributed by atoms with van der Waals surface area (Å²) in [6.07, 6.45) is 21.8. The molecule has 0 aromatic heterocycles. The van der Waals surface area contributed by atoms with Crippen LogP contribution < -0.4 is 19.7 Å². The van der Waals surface area contributed by atoms with E-state index in [1.54, 1.807) is 6.21 Å². The molecule has 2 aromatic rings. The molecule has 3 aliphatic heterocycles. The van der Waals surface area contributed by atoms with Gasteiger partial charge in [-0.2, -0.15) is 5.10 Å². The molecule has 0 radical (unpaired) electrons. The first-order chi connectivity index (χ1) is 21.0. The van der Waals surface area contributed by atoms with Crippen LogP contribution in [0.15, 0.2) is 76.8 Å². The lowest BCUT2D eigenvalue weighted by atomic mass is 9.97. The molecule has 226 valence electrons. The van der Waals surface area contributed by atoms with E-state index in [0.29, 0.717) is 12.6 Å². The molecular formula is C36H45N5O2. The first-order valence-electron chi connectivity index (χ1n) is 15.4. The minimum Gasteiger partial charge on any atom is -0.488 e. The Morgan fingerprint density at radius 3 is 2.72 bits per heavy atom. The van der Waals surface area contributed by atoms with Gasteiger partial charge in [0.2, 0.25) is 0 Å². The molecule has 7 heteroatoms. The number of ether oxygens (including phenoxy) is 2. The highest BCUT2D eigenvalue weighted by atomic mass is 16.5. The number of aryl methyl sites for hydroxylation is 2. The molecule has 7 nitrogen and oxygen atoms in total. The van der Waals surface area contributed by atoms with Crippen LogP contribution in [0.1, 0.15) is 69.6 Å². The van der Waals surface area contributed by atoms with Crippen LogP contribution in [0.3, 0.4) is 0 Å². The van der Waals surface area contributed by atoms with Crippen LogP contribution in [0.4, 0.5) is 11.4 Å². The zero-order valence-corrected chi connectivity index (χ0v) is 26.3. The van der Waals surface area contributed by atoms with Crippen LogP contribution in [0, 0.1) is 26.2 Å². The van der Waals surface area contributed by atoms with Crippen molar-refractivity contribution < 1.29 is 9.47 Å². The number of allylic oxidation sites excluding steroid dienone is 2. The number of hydrazone groups is 1. The molecule has 2 aromatic carbocycles. The van der Waals surface area contributed by atoms with E-state index in [2.05, 4.69) is 66.3 Å². The third kappa shape index (κ3) is 8.10. The lowest BCUT2D eigenvalue weighted by molar-refractivity contribution is 0.239. The van der Waals surface area contributed by atoms with E-state index in [-0.39, 0.29) is 0 Å². The first-order valence-corrected chi connectivity index (χ1v) is 15.4. The molecule has 1 atom stereocenters. The number of nitrogens with zero attached hydrogens (tertiary/aromatic N) is 4. The summed E-state index contributed by atoms with van der Waals surface area (Å²) in [7, 11) is 0. The van der Waals surface area contributed by atoms with E-state index in [1.807, 2.05) is 55.5 Å². The fraction of sp³-hybridized carbons (Fsp3) is 0.389. The maximum atomic E-state index is 6.45. The average Bonchev–Trinajstić information content (AvgIpc) is 3.03. The number of rotatable bonds is 7. The zero-order valence-electron chi connectivity index (χ0n) is 26.3. The molecule has 0 amide bonds. The highest BCUT2D eigenvalue weighted by Crippen LogP contribution is 2.41. The van der Waals surface area contributed by atoms with Gasteiger partial charge in [-0.25, -0.2) is 4.99 Å². The van der Waals surface area contributed by atoms with Crippen molar-refractivity contribution in [3.8, 4) is 23.8 Å². The summed E-state index contributed by atoms with van der Waals surface area (Å²) >= 11 is 0. The van der Waals surface area contributed by atoms with Gasteiger partial charge in [0.1, 0.15) is 24.0 Å². The van der Waals surface area contributed by atoms with Crippen molar-refractivity contribution in [1.29, 1.82) is 0 Å². The van der Waals surface area contributed by atoms with E-state index in [4.69, 9.17) is 20.9 Å². The van der Waals surface area contributed by atoms with E-state index in [1.165, 1.54) is 24.9 Å². The first kappa shape index (κ1) is 31.5. The van der Waals surface area contributed by atoms with Gasteiger partial charge < -0.3 is 19.7 Å². The van der Waals surface area contributed by atoms with Gasteiger partial charge in [0, 0.05) is 37.3 Å². The maximum Gasteiger partial charge on any atom is 0.153 e. The summed E-state index contributed by atoms with van der Waals surface area (Å²) in [6, 6.07) is 11.0. The summed E-state index contributed by atoms with van der Waals surface area (Å²) in [4.78, 5) is 7.41. The number of hydrogen-bond acceptors (Lipinski definition) is 6. The van der Waals surface area contributed by atoms with Crippen LogP contribution in [0.2, 0.25) is 0 Å². The van der Waals surface area contributed by atoms with Crippen LogP contribution >= 0.6 is 0 Å². The summed E-state index contributed by atoms with van der Waals surface area (Å²) in [6.45, 7) is 12.6. The molecule has 3 heterocycles. The van der Waals surface area contributed by atoms with E-state index in [9.17, 15) is 0 Å². The normalized spacial score (nSPS) is 17.8. The summed E-state index contributed by atoms with van der Waals surface area (Å²) in [5.74, 6) is 5.78. The molecule has 1 saturated heterocycles. The van der Waals surface area contributed by atoms with Crippen molar-refractivity contribution in [3.05, 3.63) is 83.4 Å². The van der Waals surface area contributed by atoms with Crippen LogP contribution in [-0.2, 0) is 0 Å². The van der Waals surface area contributed by atoms with Crippen molar-refractivity contribution >= 4 is 23.4 Å². The third-order valence-electron chi connectivity index (χ3n) is 7.51. The third-order valence-corrected chi connectivity index (χ3v) is 7.51. The van der Waals surface area contributed by atoms with E-state index in [0.717, 1.165) is 71.5 Å². The van der Waals surface area contributed by atoms with Crippen molar-refractivity contribution in [2.45, 2.75) is 72.8 Å². The van der Waals surface area contributed by atoms with Gasteiger partial charge in [0.15, 0.2) is 5.75 Å². The molecule has 1 fully saturated rings. The monoisotopic (exact) mass is 579 g/mol. The molecule has 1 N–H and O–H groups in total. The lowest BCUT2D eigenvalue weighted by Crippen LogP contribution is -2.46. The average molecular weight is 580 g/mol. The van der Waals surface area contributed by atoms with Gasteiger partial charge in [-0.3, -0.25) is 5.01 Å². The molecule has 5 rings (SSSR count). The zero-order chi connectivity index (χ0) is 30.6. The highest BCUT2D eigenvalue weighted by molar-refractivity contribution is 6.12. The predicted molar refractivity (Wildman–Crippen MR) is 180 cm³/mol. The summed E-state index contributed by atoms with van der Waals surface area (Å²) < 4.78 is 12.6. The summed E-state index contributed by atoms with van der Waals surface area (Å²) in [5, 5.41) is 9.74. The Balaban J connectivity index is 0.000000996. The largest absolute Gasteiger partial charge is 0.488 e. The Hall–Kier alpha value is -4.44. The number of terminal acetylenes is 1. The maximum absolute atomic E-state index is 6.45. The number of nitrogens with one attached hydrogen (secondary N) is 1. The van der Waals surface area contributed by atoms with Gasteiger partial charge >= 0.3 is 0 Å². The van der Waals surface area contributed by atoms with Gasteiger partial charge in [-0.1, -0.05) is 26.0 Å². The smallest absolute Gasteiger partial charge is 0.153 e. The Labute approximate surface area is 257 Å². The molecule has 0 bridgehead atoms. The van der Waals surface area contributed by atoms with Crippen molar-refractivity contribution in [1.82, 2.24) is 5.01 Å². The molecule has 3 aliphatic rings. The van der Waals surface area contributed by atoms with Gasteiger partial charge in [0.25, 0.3) is 0 Å². The van der Waals surface area contributed by atoms with Crippen molar-refractivity contribution in [3.63, 3.8) is 0 Å². The van der Waals surface area contributed by atoms with Crippen LogP contribution in [0.25, 0.3) is 0 Å². The minimum atomic E-state index is 0.460. The number of hydrogen-bond donors (Lipinski definition) is 1. The highest BCUT2D eigenvalue weighted by Gasteiger charge is 2.32.